The number of nitrogens with two attached hydrogens (primary N) is 3. The molecular formula is C10H15N3O3. The Morgan fingerprint density at radius 1 is 1.31 bits per heavy atom. The number of carbonyl (C=O) groups is 1. The van der Waals surface area contributed by atoms with E-state index >= 15 is 0 Å². The molecule has 0 aliphatic heterocycles. The van der Waals surface area contributed by atoms with Gasteiger partial charge < -0.3 is 27.4 Å². The first-order valence-corrected chi connectivity index (χ1v) is 4.65. The summed E-state index contributed by atoms with van der Waals surface area (Å²) >= 11 is 0. The number of aryl methyl sites for hydroxylation is 1. The molecule has 0 saturated heterocycles. The number of rotatable bonds is 3. The Morgan fingerprint density at radius 2 is 1.88 bits per heavy atom. The minimum atomic E-state index is -1.66. The second kappa shape index (κ2) is 4.38. The smallest absolute Gasteiger partial charge is 0.249 e. The summed E-state index contributed by atoms with van der Waals surface area (Å²) in [6.45, 7) is 1.71. The number of carbonyl (C=O) groups excluding carboxylic acids is 1. The molecule has 1 aromatic carbocycles. The van der Waals surface area contributed by atoms with E-state index in [4.69, 9.17) is 17.2 Å². The molecule has 0 radical (unpaired) electrons. The minimum Gasteiger partial charge on any atom is -0.397 e. The quantitative estimate of drug-likeness (QED) is 0.422. The number of hydrogen-bond donors (Lipinski definition) is 5. The number of aliphatic hydroxyl groups excluding tert-OH is 2. The van der Waals surface area contributed by atoms with Crippen LogP contribution in [0.5, 0.6) is 0 Å². The molecule has 16 heavy (non-hydrogen) atoms. The highest BCUT2D eigenvalue weighted by atomic mass is 16.3. The van der Waals surface area contributed by atoms with Gasteiger partial charge in [0.25, 0.3) is 0 Å². The molecule has 0 aromatic heterocycles. The Hall–Kier alpha value is -1.79. The first-order chi connectivity index (χ1) is 7.34. The molecule has 1 aromatic rings. The van der Waals surface area contributed by atoms with Gasteiger partial charge in [-0.3, -0.25) is 4.79 Å². The van der Waals surface area contributed by atoms with Gasteiger partial charge in [0.1, 0.15) is 6.10 Å². The van der Waals surface area contributed by atoms with E-state index in [1.54, 1.807) is 13.0 Å². The van der Waals surface area contributed by atoms with Gasteiger partial charge in [-0.05, 0) is 24.1 Å². The SMILES string of the molecule is Cc1cc(C(O)C(O)C(N)=O)cc(N)c1N. The maximum absolute atomic E-state index is 10.7. The summed E-state index contributed by atoms with van der Waals surface area (Å²) in [5, 5.41) is 19.0. The molecule has 6 heteroatoms. The lowest BCUT2D eigenvalue weighted by Gasteiger charge is -2.17. The van der Waals surface area contributed by atoms with Gasteiger partial charge >= 0.3 is 0 Å². The Bertz CT molecular complexity index is 397. The third kappa shape index (κ3) is 2.23. The van der Waals surface area contributed by atoms with Gasteiger partial charge in [-0.1, -0.05) is 6.07 Å². The van der Waals surface area contributed by atoms with Gasteiger partial charge in [-0.2, -0.15) is 0 Å². The van der Waals surface area contributed by atoms with Gasteiger partial charge in [-0.25, -0.2) is 0 Å². The van der Waals surface area contributed by atoms with Crippen LogP contribution in [0, 0.1) is 6.92 Å². The summed E-state index contributed by atoms with van der Waals surface area (Å²) < 4.78 is 0. The van der Waals surface area contributed by atoms with Crippen LogP contribution in [0.15, 0.2) is 12.1 Å². The zero-order chi connectivity index (χ0) is 12.5. The van der Waals surface area contributed by atoms with Crippen LogP contribution in [0.1, 0.15) is 17.2 Å². The van der Waals surface area contributed by atoms with E-state index in [-0.39, 0.29) is 5.69 Å². The van der Waals surface area contributed by atoms with Crippen LogP contribution in [0.25, 0.3) is 0 Å². The second-order valence-electron chi connectivity index (χ2n) is 3.63. The Balaban J connectivity index is 3.10. The van der Waals surface area contributed by atoms with Crippen LogP contribution < -0.4 is 17.2 Å². The first-order valence-electron chi connectivity index (χ1n) is 4.65. The van der Waals surface area contributed by atoms with Crippen LogP contribution in [-0.2, 0) is 4.79 Å². The molecule has 6 nitrogen and oxygen atoms in total. The largest absolute Gasteiger partial charge is 0.397 e. The molecule has 0 bridgehead atoms. The van der Waals surface area contributed by atoms with Crippen molar-refractivity contribution >= 4 is 17.3 Å². The van der Waals surface area contributed by atoms with Crippen molar-refractivity contribution in [2.75, 3.05) is 11.5 Å². The first kappa shape index (κ1) is 12.3. The van der Waals surface area contributed by atoms with E-state index in [0.717, 1.165) is 0 Å². The van der Waals surface area contributed by atoms with Gasteiger partial charge in [0.15, 0.2) is 6.10 Å². The number of amides is 1. The molecule has 0 aliphatic rings. The molecule has 1 rings (SSSR count). The maximum atomic E-state index is 10.7. The van der Waals surface area contributed by atoms with Crippen molar-refractivity contribution in [1.29, 1.82) is 0 Å². The van der Waals surface area contributed by atoms with Crippen molar-refractivity contribution in [1.82, 2.24) is 0 Å². The monoisotopic (exact) mass is 225 g/mol. The van der Waals surface area contributed by atoms with Crippen LogP contribution in [-0.4, -0.2) is 22.2 Å². The normalized spacial score (nSPS) is 14.4. The van der Waals surface area contributed by atoms with Crippen molar-refractivity contribution in [2.24, 2.45) is 5.73 Å². The molecular weight excluding hydrogens is 210 g/mol. The minimum absolute atomic E-state index is 0.283. The van der Waals surface area contributed by atoms with E-state index in [1.165, 1.54) is 6.07 Å². The van der Waals surface area contributed by atoms with E-state index in [0.29, 0.717) is 16.8 Å². The summed E-state index contributed by atoms with van der Waals surface area (Å²) in [6, 6.07) is 2.95. The number of anilines is 2. The predicted octanol–water partition coefficient (Wildman–Crippen LogP) is -0.961. The van der Waals surface area contributed by atoms with E-state index < -0.39 is 18.1 Å². The van der Waals surface area contributed by atoms with Crippen LogP contribution in [0.3, 0.4) is 0 Å². The predicted molar refractivity (Wildman–Crippen MR) is 60.2 cm³/mol. The topological polar surface area (TPSA) is 136 Å². The third-order valence-electron chi connectivity index (χ3n) is 2.37. The molecule has 0 saturated carbocycles. The molecule has 0 fully saturated rings. The summed E-state index contributed by atoms with van der Waals surface area (Å²) in [5.41, 5.74) is 17.8. The van der Waals surface area contributed by atoms with E-state index in [9.17, 15) is 15.0 Å². The van der Waals surface area contributed by atoms with Crippen LogP contribution >= 0.6 is 0 Å². The zero-order valence-corrected chi connectivity index (χ0v) is 8.84. The van der Waals surface area contributed by atoms with Gasteiger partial charge in [-0.15, -0.1) is 0 Å². The van der Waals surface area contributed by atoms with Crippen LogP contribution in [0.2, 0.25) is 0 Å². The maximum Gasteiger partial charge on any atom is 0.249 e. The Kier molecular flexibility index (Phi) is 3.36. The number of hydrogen-bond acceptors (Lipinski definition) is 5. The number of primary amides is 1. The molecule has 1 amide bonds. The fourth-order valence-corrected chi connectivity index (χ4v) is 1.36. The van der Waals surface area contributed by atoms with Gasteiger partial charge in [0.05, 0.1) is 11.4 Å². The van der Waals surface area contributed by atoms with E-state index in [2.05, 4.69) is 0 Å². The highest BCUT2D eigenvalue weighted by molar-refractivity contribution is 5.79. The Labute approximate surface area is 92.7 Å². The molecule has 2 atom stereocenters. The fourth-order valence-electron chi connectivity index (χ4n) is 1.36. The molecule has 88 valence electrons. The number of nitrogen functional groups attached to an aromatic ring is 2. The standard InChI is InChI=1S/C10H15N3O3/c1-4-2-5(3-6(11)7(4)12)8(14)9(15)10(13)16/h2-3,8-9,14-15H,11-12H2,1H3,(H2,13,16). The lowest BCUT2D eigenvalue weighted by atomic mass is 10.00. The number of aliphatic hydroxyl groups is 2. The average molecular weight is 225 g/mol. The van der Waals surface area contributed by atoms with Crippen molar-refractivity contribution in [3.05, 3.63) is 23.3 Å². The second-order valence-corrected chi connectivity index (χ2v) is 3.63. The third-order valence-corrected chi connectivity index (χ3v) is 2.37. The van der Waals surface area contributed by atoms with Crippen molar-refractivity contribution in [3.63, 3.8) is 0 Å². The highest BCUT2D eigenvalue weighted by Gasteiger charge is 2.24. The molecule has 0 heterocycles. The molecule has 8 N–H and O–H groups in total. The fraction of sp³-hybridized carbons (Fsp3) is 0.300. The molecule has 0 aliphatic carbocycles. The molecule has 0 spiro atoms. The van der Waals surface area contributed by atoms with Crippen molar-refractivity contribution in [3.8, 4) is 0 Å². The lowest BCUT2D eigenvalue weighted by molar-refractivity contribution is -0.131. The van der Waals surface area contributed by atoms with Gasteiger partial charge in [0.2, 0.25) is 5.91 Å². The lowest BCUT2D eigenvalue weighted by Crippen LogP contribution is -2.33. The van der Waals surface area contributed by atoms with Crippen LogP contribution in [0.4, 0.5) is 11.4 Å². The molecule has 2 unspecified atom stereocenters. The van der Waals surface area contributed by atoms with Crippen molar-refractivity contribution in [2.45, 2.75) is 19.1 Å². The van der Waals surface area contributed by atoms with Crippen molar-refractivity contribution < 1.29 is 15.0 Å². The summed E-state index contributed by atoms with van der Waals surface area (Å²) in [7, 11) is 0. The average Bonchev–Trinajstić information content (AvgIpc) is 2.22. The summed E-state index contributed by atoms with van der Waals surface area (Å²) in [4.78, 5) is 10.7. The zero-order valence-electron chi connectivity index (χ0n) is 8.84. The van der Waals surface area contributed by atoms with E-state index in [1.807, 2.05) is 0 Å². The summed E-state index contributed by atoms with van der Waals surface area (Å²) in [6.07, 6.45) is -3.07. The highest BCUT2D eigenvalue weighted by Crippen LogP contribution is 2.26. The number of benzene rings is 1. The Morgan fingerprint density at radius 3 is 2.31 bits per heavy atom. The summed E-state index contributed by atoms with van der Waals surface area (Å²) in [5.74, 6) is -0.999. The van der Waals surface area contributed by atoms with Gasteiger partial charge in [0, 0.05) is 0 Å².